The van der Waals surface area contributed by atoms with Crippen LogP contribution in [0.2, 0.25) is 0 Å². The molecule has 2 aliphatic heterocycles. The maximum Gasteiger partial charge on any atom is 0.0794 e. The molecular weight excluding hydrogens is 218 g/mol. The van der Waals surface area contributed by atoms with Crippen LogP contribution >= 0.6 is 11.3 Å². The minimum Gasteiger partial charge on any atom is -0.312 e. The van der Waals surface area contributed by atoms with Crippen molar-refractivity contribution in [1.29, 1.82) is 0 Å². The van der Waals surface area contributed by atoms with Crippen LogP contribution in [0.25, 0.3) is 0 Å². The molecule has 1 aromatic rings. The zero-order valence-corrected chi connectivity index (χ0v) is 10.5. The van der Waals surface area contributed by atoms with E-state index < -0.39 is 0 Å². The van der Waals surface area contributed by atoms with E-state index >= 15 is 0 Å². The second-order valence-corrected chi connectivity index (χ2v) is 5.91. The Morgan fingerprint density at radius 3 is 3.25 bits per heavy atom. The summed E-state index contributed by atoms with van der Waals surface area (Å²) in [6.45, 7) is 6.00. The second-order valence-electron chi connectivity index (χ2n) is 5.00. The summed E-state index contributed by atoms with van der Waals surface area (Å²) in [5.74, 6) is 0.879. The number of nitrogens with zero attached hydrogens (tertiary/aromatic N) is 2. The second kappa shape index (κ2) is 4.43. The van der Waals surface area contributed by atoms with Crippen LogP contribution in [0.3, 0.4) is 0 Å². The third-order valence-corrected chi connectivity index (χ3v) is 4.98. The van der Waals surface area contributed by atoms with Crippen molar-refractivity contribution >= 4 is 11.3 Å². The molecular formula is C12H19N3S. The summed E-state index contributed by atoms with van der Waals surface area (Å²) in [6.07, 6.45) is 4.78. The standard InChI is InChI=1S/C12H19N3S/c1-9(12-5-13-8-16-12)15-6-10-3-2-4-14-11(10)7-15/h5,8-11,14H,2-4,6-7H2,1H3/t9?,10-,11+/m0/s1. The van der Waals surface area contributed by atoms with Gasteiger partial charge in [0.2, 0.25) is 0 Å². The predicted octanol–water partition coefficient (Wildman–Crippen LogP) is 1.89. The summed E-state index contributed by atoms with van der Waals surface area (Å²) < 4.78 is 0. The van der Waals surface area contributed by atoms with Crippen LogP contribution in [0.4, 0.5) is 0 Å². The van der Waals surface area contributed by atoms with E-state index in [4.69, 9.17) is 0 Å². The normalized spacial score (nSPS) is 32.6. The van der Waals surface area contributed by atoms with Crippen molar-refractivity contribution in [2.45, 2.75) is 31.8 Å². The highest BCUT2D eigenvalue weighted by molar-refractivity contribution is 7.09. The number of piperidine rings is 1. The first kappa shape index (κ1) is 10.7. The molecule has 88 valence electrons. The highest BCUT2D eigenvalue weighted by atomic mass is 32.1. The van der Waals surface area contributed by atoms with E-state index in [1.165, 1.54) is 37.4 Å². The molecule has 1 aromatic heterocycles. The summed E-state index contributed by atoms with van der Waals surface area (Å²) in [4.78, 5) is 8.20. The molecule has 3 nitrogen and oxygen atoms in total. The number of rotatable bonds is 2. The number of fused-ring (bicyclic) bond motifs is 1. The molecule has 16 heavy (non-hydrogen) atoms. The Bertz CT molecular complexity index is 324. The van der Waals surface area contributed by atoms with E-state index in [1.54, 1.807) is 11.3 Å². The Morgan fingerprint density at radius 1 is 1.56 bits per heavy atom. The van der Waals surface area contributed by atoms with Gasteiger partial charge in [-0.2, -0.15) is 0 Å². The van der Waals surface area contributed by atoms with Gasteiger partial charge in [0.25, 0.3) is 0 Å². The third kappa shape index (κ3) is 1.90. The van der Waals surface area contributed by atoms with Gasteiger partial charge in [-0.3, -0.25) is 9.88 Å². The highest BCUT2D eigenvalue weighted by Crippen LogP contribution is 2.32. The average molecular weight is 237 g/mol. The zero-order chi connectivity index (χ0) is 11.0. The summed E-state index contributed by atoms with van der Waals surface area (Å²) in [6, 6.07) is 1.28. The van der Waals surface area contributed by atoms with Gasteiger partial charge in [-0.05, 0) is 32.2 Å². The van der Waals surface area contributed by atoms with Crippen LogP contribution in [-0.4, -0.2) is 35.6 Å². The van der Waals surface area contributed by atoms with Gasteiger partial charge >= 0.3 is 0 Å². The molecule has 1 unspecified atom stereocenters. The number of nitrogens with one attached hydrogen (secondary N) is 1. The maximum atomic E-state index is 4.18. The van der Waals surface area contributed by atoms with Crippen molar-refractivity contribution in [2.24, 2.45) is 5.92 Å². The van der Waals surface area contributed by atoms with Crippen molar-refractivity contribution in [1.82, 2.24) is 15.2 Å². The maximum absolute atomic E-state index is 4.18. The molecule has 0 amide bonds. The fourth-order valence-electron chi connectivity index (χ4n) is 3.01. The van der Waals surface area contributed by atoms with Gasteiger partial charge in [0.15, 0.2) is 0 Å². The molecule has 2 aliphatic rings. The van der Waals surface area contributed by atoms with Gasteiger partial charge < -0.3 is 5.32 Å². The quantitative estimate of drug-likeness (QED) is 0.851. The Morgan fingerprint density at radius 2 is 2.50 bits per heavy atom. The fraction of sp³-hybridized carbons (Fsp3) is 0.750. The van der Waals surface area contributed by atoms with Gasteiger partial charge in [-0.1, -0.05) is 0 Å². The lowest BCUT2D eigenvalue weighted by molar-refractivity contribution is 0.254. The first-order valence-electron chi connectivity index (χ1n) is 6.20. The number of hydrogen-bond donors (Lipinski definition) is 1. The lowest BCUT2D eigenvalue weighted by Gasteiger charge is -2.24. The predicted molar refractivity (Wildman–Crippen MR) is 66.6 cm³/mol. The topological polar surface area (TPSA) is 28.2 Å². The van der Waals surface area contributed by atoms with E-state index in [0.29, 0.717) is 6.04 Å². The van der Waals surface area contributed by atoms with E-state index in [2.05, 4.69) is 22.1 Å². The molecule has 3 heterocycles. The summed E-state index contributed by atoms with van der Waals surface area (Å²) in [7, 11) is 0. The first-order chi connectivity index (χ1) is 7.84. The van der Waals surface area contributed by atoms with Crippen molar-refractivity contribution < 1.29 is 0 Å². The molecule has 0 radical (unpaired) electrons. The van der Waals surface area contributed by atoms with Gasteiger partial charge in [0.05, 0.1) is 5.51 Å². The summed E-state index contributed by atoms with van der Waals surface area (Å²) in [5.41, 5.74) is 1.94. The van der Waals surface area contributed by atoms with Gasteiger partial charge in [-0.25, -0.2) is 0 Å². The molecule has 0 spiro atoms. The van der Waals surface area contributed by atoms with E-state index in [9.17, 15) is 0 Å². The Balaban J connectivity index is 1.68. The molecule has 0 bridgehead atoms. The third-order valence-electron chi connectivity index (χ3n) is 4.04. The molecule has 2 fully saturated rings. The molecule has 3 rings (SSSR count). The molecule has 0 saturated carbocycles. The molecule has 1 N–H and O–H groups in total. The lowest BCUT2D eigenvalue weighted by Crippen LogP contribution is -2.40. The van der Waals surface area contributed by atoms with E-state index in [0.717, 1.165) is 12.0 Å². The van der Waals surface area contributed by atoms with Crippen LogP contribution in [0.15, 0.2) is 11.7 Å². The smallest absolute Gasteiger partial charge is 0.0794 e. The molecule has 2 saturated heterocycles. The molecule has 3 atom stereocenters. The van der Waals surface area contributed by atoms with Crippen molar-refractivity contribution in [3.63, 3.8) is 0 Å². The monoisotopic (exact) mass is 237 g/mol. The van der Waals surface area contributed by atoms with Crippen LogP contribution in [0, 0.1) is 5.92 Å². The van der Waals surface area contributed by atoms with Crippen LogP contribution in [0.1, 0.15) is 30.7 Å². The number of hydrogen-bond acceptors (Lipinski definition) is 4. The lowest BCUT2D eigenvalue weighted by atomic mass is 9.94. The summed E-state index contributed by atoms with van der Waals surface area (Å²) >= 11 is 1.78. The number of thiazole rings is 1. The first-order valence-corrected chi connectivity index (χ1v) is 7.08. The van der Waals surface area contributed by atoms with E-state index in [-0.39, 0.29) is 0 Å². The van der Waals surface area contributed by atoms with Gasteiger partial charge in [-0.15, -0.1) is 11.3 Å². The van der Waals surface area contributed by atoms with Crippen LogP contribution < -0.4 is 5.32 Å². The zero-order valence-electron chi connectivity index (χ0n) is 9.72. The molecule has 0 aromatic carbocycles. The van der Waals surface area contributed by atoms with Crippen LogP contribution in [-0.2, 0) is 0 Å². The Hall–Kier alpha value is -0.450. The van der Waals surface area contributed by atoms with Gasteiger partial charge in [0.1, 0.15) is 0 Å². The average Bonchev–Trinajstić information content (AvgIpc) is 2.97. The fourth-order valence-corrected chi connectivity index (χ4v) is 3.72. The Kier molecular flexibility index (Phi) is 2.96. The Labute approximate surface area is 101 Å². The largest absolute Gasteiger partial charge is 0.312 e. The minimum atomic E-state index is 0.542. The van der Waals surface area contributed by atoms with Crippen LogP contribution in [0.5, 0.6) is 0 Å². The van der Waals surface area contributed by atoms with Gasteiger partial charge in [0, 0.05) is 36.2 Å². The minimum absolute atomic E-state index is 0.542. The molecule has 0 aliphatic carbocycles. The van der Waals surface area contributed by atoms with Crippen molar-refractivity contribution in [2.75, 3.05) is 19.6 Å². The summed E-state index contributed by atoms with van der Waals surface area (Å²) in [5, 5.41) is 3.66. The SMILES string of the molecule is CC(c1cncs1)N1C[C@@H]2CCCN[C@@H]2C1. The molecule has 4 heteroatoms. The number of aromatic nitrogens is 1. The van der Waals surface area contributed by atoms with Crippen molar-refractivity contribution in [3.8, 4) is 0 Å². The van der Waals surface area contributed by atoms with E-state index in [1.807, 2.05) is 11.7 Å². The van der Waals surface area contributed by atoms with Crippen molar-refractivity contribution in [3.05, 3.63) is 16.6 Å². The highest BCUT2D eigenvalue weighted by Gasteiger charge is 2.36. The number of likely N-dealkylation sites (tertiary alicyclic amines) is 1.